The zero-order chi connectivity index (χ0) is 15.9. The van der Waals surface area contributed by atoms with E-state index in [1.54, 1.807) is 6.20 Å². The summed E-state index contributed by atoms with van der Waals surface area (Å²) in [6.45, 7) is 0.489. The van der Waals surface area contributed by atoms with Crippen LogP contribution in [0.25, 0.3) is 0 Å². The highest BCUT2D eigenvalue weighted by Crippen LogP contribution is 2.21. The van der Waals surface area contributed by atoms with Crippen LogP contribution in [0, 0.1) is 5.92 Å². The molecule has 4 heteroatoms. The first kappa shape index (κ1) is 15.3. The topological polar surface area (TPSA) is 51.2 Å². The molecule has 3 rings (SSSR count). The summed E-state index contributed by atoms with van der Waals surface area (Å²) in [5, 5.41) is 2.96. The molecule has 0 radical (unpaired) electrons. The van der Waals surface area contributed by atoms with Gasteiger partial charge in [0.1, 0.15) is 5.75 Å². The van der Waals surface area contributed by atoms with Crippen molar-refractivity contribution in [3.05, 3.63) is 66.4 Å². The summed E-state index contributed by atoms with van der Waals surface area (Å²) < 4.78 is 5.70. The summed E-state index contributed by atoms with van der Waals surface area (Å²) >= 11 is 0. The van der Waals surface area contributed by atoms with Gasteiger partial charge in [0.25, 0.3) is 0 Å². The molecule has 0 aliphatic heterocycles. The monoisotopic (exact) mass is 308 g/mol. The van der Waals surface area contributed by atoms with Crippen LogP contribution < -0.4 is 10.1 Å². The van der Waals surface area contributed by atoms with E-state index in [2.05, 4.69) is 22.5 Å². The van der Waals surface area contributed by atoms with Crippen molar-refractivity contribution in [2.24, 2.45) is 5.92 Å². The molecule has 1 amide bonds. The number of allylic oxidation sites excluding steroid dienone is 2. The lowest BCUT2D eigenvalue weighted by Gasteiger charge is -2.10. The third-order valence-corrected chi connectivity index (χ3v) is 3.81. The van der Waals surface area contributed by atoms with Gasteiger partial charge in [-0.3, -0.25) is 4.79 Å². The van der Waals surface area contributed by atoms with Gasteiger partial charge in [-0.05, 0) is 42.5 Å². The van der Waals surface area contributed by atoms with Gasteiger partial charge in [0.2, 0.25) is 11.8 Å². The second-order valence-corrected chi connectivity index (χ2v) is 5.66. The molecule has 4 nitrogen and oxygen atoms in total. The van der Waals surface area contributed by atoms with E-state index in [1.165, 1.54) is 0 Å². The normalized spacial score (nSPS) is 16.3. The van der Waals surface area contributed by atoms with Crippen LogP contribution in [0.15, 0.2) is 60.8 Å². The predicted octanol–water partition coefficient (Wildman–Crippen LogP) is 3.85. The number of rotatable bonds is 6. The first-order valence-corrected chi connectivity index (χ1v) is 7.91. The Morgan fingerprint density at radius 1 is 1.26 bits per heavy atom. The quantitative estimate of drug-likeness (QED) is 0.825. The van der Waals surface area contributed by atoms with Crippen molar-refractivity contribution in [1.82, 2.24) is 10.3 Å². The number of para-hydroxylation sites is 1. The van der Waals surface area contributed by atoms with Crippen LogP contribution in [-0.4, -0.2) is 10.9 Å². The number of ether oxygens (including phenoxy) is 1. The van der Waals surface area contributed by atoms with Crippen LogP contribution in [0.1, 0.15) is 24.8 Å². The van der Waals surface area contributed by atoms with Crippen LogP contribution in [0.2, 0.25) is 0 Å². The van der Waals surface area contributed by atoms with Crippen molar-refractivity contribution >= 4 is 5.91 Å². The Labute approximate surface area is 136 Å². The minimum Gasteiger partial charge on any atom is -0.439 e. The molecule has 1 aromatic heterocycles. The van der Waals surface area contributed by atoms with Gasteiger partial charge in [-0.1, -0.05) is 30.4 Å². The SMILES string of the molecule is O=C(C[C@@H]1C=CCC1)NCc1ccnc(Oc2ccccc2)c1. The van der Waals surface area contributed by atoms with Crippen molar-refractivity contribution in [3.63, 3.8) is 0 Å². The van der Waals surface area contributed by atoms with Gasteiger partial charge in [0.15, 0.2) is 0 Å². The molecule has 118 valence electrons. The molecule has 0 saturated heterocycles. The molecular weight excluding hydrogens is 288 g/mol. The van der Waals surface area contributed by atoms with E-state index in [4.69, 9.17) is 4.74 Å². The Hall–Kier alpha value is -2.62. The Morgan fingerprint density at radius 3 is 2.91 bits per heavy atom. The molecule has 1 atom stereocenters. The van der Waals surface area contributed by atoms with Gasteiger partial charge in [0.05, 0.1) is 0 Å². The smallest absolute Gasteiger partial charge is 0.220 e. The number of carbonyl (C=O) groups is 1. The number of nitrogens with one attached hydrogen (secondary N) is 1. The number of hydrogen-bond donors (Lipinski definition) is 1. The van der Waals surface area contributed by atoms with E-state index in [9.17, 15) is 4.79 Å². The zero-order valence-corrected chi connectivity index (χ0v) is 12.9. The molecule has 23 heavy (non-hydrogen) atoms. The Kier molecular flexibility index (Phi) is 5.04. The van der Waals surface area contributed by atoms with E-state index in [0.717, 1.165) is 24.2 Å². The van der Waals surface area contributed by atoms with Crippen LogP contribution in [0.3, 0.4) is 0 Å². The number of amides is 1. The zero-order valence-electron chi connectivity index (χ0n) is 12.9. The molecule has 1 heterocycles. The van der Waals surface area contributed by atoms with Crippen molar-refractivity contribution in [2.75, 3.05) is 0 Å². The predicted molar refractivity (Wildman–Crippen MR) is 89.1 cm³/mol. The van der Waals surface area contributed by atoms with Crippen molar-refractivity contribution < 1.29 is 9.53 Å². The lowest BCUT2D eigenvalue weighted by molar-refractivity contribution is -0.121. The van der Waals surface area contributed by atoms with Crippen molar-refractivity contribution in [3.8, 4) is 11.6 Å². The summed E-state index contributed by atoms with van der Waals surface area (Å²) in [4.78, 5) is 16.2. The van der Waals surface area contributed by atoms with Gasteiger partial charge in [-0.2, -0.15) is 0 Å². The lowest BCUT2D eigenvalue weighted by atomic mass is 10.1. The fourth-order valence-corrected chi connectivity index (χ4v) is 2.60. The third-order valence-electron chi connectivity index (χ3n) is 3.81. The van der Waals surface area contributed by atoms with Gasteiger partial charge in [-0.15, -0.1) is 0 Å². The molecule has 0 bridgehead atoms. The second-order valence-electron chi connectivity index (χ2n) is 5.66. The molecule has 2 aromatic rings. The minimum atomic E-state index is 0.0869. The third kappa shape index (κ3) is 4.68. The van der Waals surface area contributed by atoms with Crippen LogP contribution in [-0.2, 0) is 11.3 Å². The highest BCUT2D eigenvalue weighted by Gasteiger charge is 2.13. The fraction of sp³-hybridized carbons (Fsp3) is 0.263. The molecule has 1 N–H and O–H groups in total. The second kappa shape index (κ2) is 7.58. The summed E-state index contributed by atoms with van der Waals surface area (Å²) in [7, 11) is 0. The average molecular weight is 308 g/mol. The van der Waals surface area contributed by atoms with Gasteiger partial charge < -0.3 is 10.1 Å². The maximum absolute atomic E-state index is 12.0. The standard InChI is InChI=1S/C19H20N2O2/c22-18(12-15-6-4-5-7-15)21-14-16-10-11-20-19(13-16)23-17-8-2-1-3-9-17/h1-4,6,8-11,13,15H,5,7,12,14H2,(H,21,22)/t15-/m1/s1. The fourth-order valence-electron chi connectivity index (χ4n) is 2.60. The number of hydrogen-bond acceptors (Lipinski definition) is 3. The average Bonchev–Trinajstić information content (AvgIpc) is 3.07. The maximum Gasteiger partial charge on any atom is 0.220 e. The van der Waals surface area contributed by atoms with E-state index in [1.807, 2.05) is 42.5 Å². The van der Waals surface area contributed by atoms with Gasteiger partial charge in [-0.25, -0.2) is 4.98 Å². The van der Waals surface area contributed by atoms with Crippen molar-refractivity contribution in [2.45, 2.75) is 25.8 Å². The molecule has 1 aliphatic carbocycles. The highest BCUT2D eigenvalue weighted by atomic mass is 16.5. The first-order chi connectivity index (χ1) is 11.3. The van der Waals surface area contributed by atoms with Crippen LogP contribution in [0.4, 0.5) is 0 Å². The number of benzene rings is 1. The molecular formula is C19H20N2O2. The van der Waals surface area contributed by atoms with Crippen LogP contribution in [0.5, 0.6) is 11.6 Å². The number of aromatic nitrogens is 1. The summed E-state index contributed by atoms with van der Waals surface area (Å²) in [6.07, 6.45) is 8.71. The lowest BCUT2D eigenvalue weighted by Crippen LogP contribution is -2.24. The first-order valence-electron chi connectivity index (χ1n) is 7.91. The van der Waals surface area contributed by atoms with Crippen molar-refractivity contribution in [1.29, 1.82) is 0 Å². The van der Waals surface area contributed by atoms with Crippen LogP contribution >= 0.6 is 0 Å². The van der Waals surface area contributed by atoms with E-state index >= 15 is 0 Å². The molecule has 1 aromatic carbocycles. The summed E-state index contributed by atoms with van der Waals surface area (Å²) in [5.74, 6) is 1.75. The molecule has 1 aliphatic rings. The molecule has 0 fully saturated rings. The van der Waals surface area contributed by atoms with Gasteiger partial charge >= 0.3 is 0 Å². The maximum atomic E-state index is 12.0. The number of nitrogens with zero attached hydrogens (tertiary/aromatic N) is 1. The Balaban J connectivity index is 1.53. The van der Waals surface area contributed by atoms with E-state index in [0.29, 0.717) is 24.8 Å². The molecule has 0 unspecified atom stereocenters. The summed E-state index contributed by atoms with van der Waals surface area (Å²) in [6, 6.07) is 13.3. The minimum absolute atomic E-state index is 0.0869. The van der Waals surface area contributed by atoms with Gasteiger partial charge in [0, 0.05) is 25.2 Å². The Bertz CT molecular complexity index is 683. The number of pyridine rings is 1. The molecule has 0 spiro atoms. The number of carbonyl (C=O) groups excluding carboxylic acids is 1. The van der Waals surface area contributed by atoms with E-state index < -0.39 is 0 Å². The summed E-state index contributed by atoms with van der Waals surface area (Å²) in [5.41, 5.74) is 0.973. The largest absolute Gasteiger partial charge is 0.439 e. The Morgan fingerprint density at radius 2 is 2.13 bits per heavy atom. The highest BCUT2D eigenvalue weighted by molar-refractivity contribution is 5.76. The van der Waals surface area contributed by atoms with E-state index in [-0.39, 0.29) is 5.91 Å². The molecule has 0 saturated carbocycles.